The van der Waals surface area contributed by atoms with E-state index in [2.05, 4.69) is 36.2 Å². The molecule has 1 fully saturated rings. The van der Waals surface area contributed by atoms with Crippen LogP contribution in [0.5, 0.6) is 0 Å². The molecular weight excluding hydrogens is 220 g/mol. The largest absolute Gasteiger partial charge is 0.314 e. The smallest absolute Gasteiger partial charge is 0.0456 e. The van der Waals surface area contributed by atoms with Crippen molar-refractivity contribution in [3.8, 4) is 0 Å². The highest BCUT2D eigenvalue weighted by molar-refractivity contribution is 6.31. The quantitative estimate of drug-likeness (QED) is 0.852. The molecule has 0 atom stereocenters. The average molecular weight is 239 g/mol. The molecule has 1 aromatic rings. The fourth-order valence-corrected chi connectivity index (χ4v) is 2.72. The van der Waals surface area contributed by atoms with Crippen molar-refractivity contribution < 1.29 is 0 Å². The molecule has 3 heteroatoms. The van der Waals surface area contributed by atoms with Crippen molar-refractivity contribution in [2.75, 3.05) is 26.2 Å². The second-order valence-corrected chi connectivity index (χ2v) is 5.18. The Kier molecular flexibility index (Phi) is 3.53. The van der Waals surface area contributed by atoms with Crippen LogP contribution in [0, 0.1) is 0 Å². The highest BCUT2D eigenvalue weighted by atomic mass is 35.5. The van der Waals surface area contributed by atoms with Gasteiger partial charge in [-0.05, 0) is 25.5 Å². The molecule has 0 aromatic heterocycles. The van der Waals surface area contributed by atoms with Crippen molar-refractivity contribution in [3.63, 3.8) is 0 Å². The summed E-state index contributed by atoms with van der Waals surface area (Å²) in [5, 5.41) is 4.24. The fraction of sp³-hybridized carbons (Fsp3) is 0.538. The van der Waals surface area contributed by atoms with Gasteiger partial charge in [0.1, 0.15) is 0 Å². The molecule has 0 unspecified atom stereocenters. The van der Waals surface area contributed by atoms with Gasteiger partial charge in [-0.25, -0.2) is 0 Å². The van der Waals surface area contributed by atoms with E-state index in [0.717, 1.165) is 31.2 Å². The van der Waals surface area contributed by atoms with E-state index in [0.29, 0.717) is 0 Å². The van der Waals surface area contributed by atoms with Crippen LogP contribution < -0.4 is 5.32 Å². The number of rotatable bonds is 2. The third kappa shape index (κ3) is 2.24. The van der Waals surface area contributed by atoms with Crippen molar-refractivity contribution in [1.29, 1.82) is 0 Å². The maximum Gasteiger partial charge on any atom is 0.0456 e. The first-order chi connectivity index (χ1) is 7.62. The highest BCUT2D eigenvalue weighted by Gasteiger charge is 2.30. The lowest BCUT2D eigenvalue weighted by Gasteiger charge is -2.42. The number of halogens is 1. The molecule has 1 N–H and O–H groups in total. The number of piperazine rings is 1. The zero-order chi connectivity index (χ0) is 11.6. The third-order valence-electron chi connectivity index (χ3n) is 3.44. The highest BCUT2D eigenvalue weighted by Crippen LogP contribution is 2.32. The van der Waals surface area contributed by atoms with Crippen molar-refractivity contribution >= 4 is 11.6 Å². The minimum atomic E-state index is 0.0143. The van der Waals surface area contributed by atoms with Crippen LogP contribution in [0.2, 0.25) is 5.02 Å². The van der Waals surface area contributed by atoms with Crippen LogP contribution in [0.3, 0.4) is 0 Å². The summed E-state index contributed by atoms with van der Waals surface area (Å²) in [5.41, 5.74) is 1.24. The SMILES string of the molecule is CC(C)(c1ccccc1Cl)N1CCNCC1. The first-order valence-corrected chi connectivity index (χ1v) is 6.21. The predicted molar refractivity (Wildman–Crippen MR) is 68.9 cm³/mol. The van der Waals surface area contributed by atoms with Gasteiger partial charge in [0.05, 0.1) is 0 Å². The average Bonchev–Trinajstić information content (AvgIpc) is 2.30. The summed E-state index contributed by atoms with van der Waals surface area (Å²) in [6, 6.07) is 8.15. The summed E-state index contributed by atoms with van der Waals surface area (Å²) in [7, 11) is 0. The molecule has 0 saturated carbocycles. The van der Waals surface area contributed by atoms with Gasteiger partial charge in [-0.1, -0.05) is 29.8 Å². The molecule has 2 nitrogen and oxygen atoms in total. The second kappa shape index (κ2) is 4.74. The van der Waals surface area contributed by atoms with Crippen molar-refractivity contribution in [1.82, 2.24) is 10.2 Å². The molecule has 1 aliphatic heterocycles. The molecule has 1 heterocycles. The van der Waals surface area contributed by atoms with E-state index in [4.69, 9.17) is 11.6 Å². The lowest BCUT2D eigenvalue weighted by atomic mass is 9.91. The van der Waals surface area contributed by atoms with E-state index in [9.17, 15) is 0 Å². The number of nitrogens with one attached hydrogen (secondary N) is 1. The molecule has 0 amide bonds. The topological polar surface area (TPSA) is 15.3 Å². The summed E-state index contributed by atoms with van der Waals surface area (Å²) in [6.07, 6.45) is 0. The molecule has 0 bridgehead atoms. The lowest BCUT2D eigenvalue weighted by molar-refractivity contribution is 0.103. The molecule has 0 aliphatic carbocycles. The molecule has 2 rings (SSSR count). The number of benzene rings is 1. The Morgan fingerprint density at radius 3 is 2.44 bits per heavy atom. The zero-order valence-electron chi connectivity index (χ0n) is 9.96. The Hall–Kier alpha value is -0.570. The van der Waals surface area contributed by atoms with Gasteiger partial charge in [0.15, 0.2) is 0 Å². The Bertz CT molecular complexity index is 357. The van der Waals surface area contributed by atoms with E-state index in [1.807, 2.05) is 12.1 Å². The van der Waals surface area contributed by atoms with Crippen LogP contribution >= 0.6 is 11.6 Å². The fourth-order valence-electron chi connectivity index (χ4n) is 2.35. The Morgan fingerprint density at radius 2 is 1.81 bits per heavy atom. The molecule has 0 spiro atoms. The van der Waals surface area contributed by atoms with E-state index in [-0.39, 0.29) is 5.54 Å². The maximum absolute atomic E-state index is 6.29. The summed E-state index contributed by atoms with van der Waals surface area (Å²) >= 11 is 6.29. The first kappa shape index (κ1) is 11.9. The van der Waals surface area contributed by atoms with Crippen LogP contribution in [0.4, 0.5) is 0 Å². The summed E-state index contributed by atoms with van der Waals surface area (Å²) in [4.78, 5) is 2.49. The van der Waals surface area contributed by atoms with Gasteiger partial charge in [0, 0.05) is 36.7 Å². The minimum absolute atomic E-state index is 0.0143. The molecule has 1 aliphatic rings. The van der Waals surface area contributed by atoms with Gasteiger partial charge in [-0.2, -0.15) is 0 Å². The van der Waals surface area contributed by atoms with Gasteiger partial charge in [-0.3, -0.25) is 4.90 Å². The summed E-state index contributed by atoms with van der Waals surface area (Å²) in [6.45, 7) is 8.79. The Morgan fingerprint density at radius 1 is 1.19 bits per heavy atom. The molecule has 1 aromatic carbocycles. The van der Waals surface area contributed by atoms with E-state index < -0.39 is 0 Å². The van der Waals surface area contributed by atoms with Crippen LogP contribution in [0.15, 0.2) is 24.3 Å². The Labute approximate surface area is 103 Å². The summed E-state index contributed by atoms with van der Waals surface area (Å²) in [5.74, 6) is 0. The van der Waals surface area contributed by atoms with Crippen LogP contribution in [0.1, 0.15) is 19.4 Å². The number of hydrogen-bond acceptors (Lipinski definition) is 2. The van der Waals surface area contributed by atoms with Crippen LogP contribution in [0.25, 0.3) is 0 Å². The van der Waals surface area contributed by atoms with Crippen LogP contribution in [-0.4, -0.2) is 31.1 Å². The number of nitrogens with zero attached hydrogens (tertiary/aromatic N) is 1. The van der Waals surface area contributed by atoms with Crippen molar-refractivity contribution in [2.24, 2.45) is 0 Å². The lowest BCUT2D eigenvalue weighted by Crippen LogP contribution is -2.51. The van der Waals surface area contributed by atoms with Crippen LogP contribution in [-0.2, 0) is 5.54 Å². The van der Waals surface area contributed by atoms with Gasteiger partial charge >= 0.3 is 0 Å². The van der Waals surface area contributed by atoms with E-state index in [1.54, 1.807) is 0 Å². The molecule has 16 heavy (non-hydrogen) atoms. The normalized spacial score (nSPS) is 18.7. The standard InChI is InChI=1S/C13H19ClN2/c1-13(2,16-9-7-15-8-10-16)11-5-3-4-6-12(11)14/h3-6,15H,7-10H2,1-2H3. The van der Waals surface area contributed by atoms with E-state index in [1.165, 1.54) is 5.56 Å². The van der Waals surface area contributed by atoms with Gasteiger partial charge in [-0.15, -0.1) is 0 Å². The second-order valence-electron chi connectivity index (χ2n) is 4.78. The Balaban J connectivity index is 2.26. The number of hydrogen-bond donors (Lipinski definition) is 1. The van der Waals surface area contributed by atoms with Gasteiger partial charge < -0.3 is 5.32 Å². The molecule has 0 radical (unpaired) electrons. The monoisotopic (exact) mass is 238 g/mol. The minimum Gasteiger partial charge on any atom is -0.314 e. The van der Waals surface area contributed by atoms with Gasteiger partial charge in [0.2, 0.25) is 0 Å². The third-order valence-corrected chi connectivity index (χ3v) is 3.77. The maximum atomic E-state index is 6.29. The molecule has 1 saturated heterocycles. The zero-order valence-corrected chi connectivity index (χ0v) is 10.7. The first-order valence-electron chi connectivity index (χ1n) is 5.83. The molecule has 88 valence electrons. The van der Waals surface area contributed by atoms with E-state index >= 15 is 0 Å². The molecular formula is C13H19ClN2. The van der Waals surface area contributed by atoms with Crippen molar-refractivity contribution in [3.05, 3.63) is 34.9 Å². The summed E-state index contributed by atoms with van der Waals surface area (Å²) < 4.78 is 0. The predicted octanol–water partition coefficient (Wildman–Crippen LogP) is 2.48. The van der Waals surface area contributed by atoms with Crippen molar-refractivity contribution in [2.45, 2.75) is 19.4 Å². The van der Waals surface area contributed by atoms with Gasteiger partial charge in [0.25, 0.3) is 0 Å².